The van der Waals surface area contributed by atoms with Crippen molar-refractivity contribution >= 4 is 16.0 Å². The van der Waals surface area contributed by atoms with Gasteiger partial charge in [-0.15, -0.1) is 13.2 Å². The number of nitriles is 1. The molecule has 126 valence electrons. The number of nitrogens with one attached hydrogen (secondary N) is 1. The van der Waals surface area contributed by atoms with E-state index in [1.54, 1.807) is 6.07 Å². The lowest BCUT2D eigenvalue weighted by atomic mass is 10.3. The van der Waals surface area contributed by atoms with E-state index in [4.69, 9.17) is 5.26 Å². The Bertz CT molecular complexity index is 695. The van der Waals surface area contributed by atoms with E-state index in [0.717, 1.165) is 24.3 Å². The quantitative estimate of drug-likeness (QED) is 0.774. The number of esters is 1. The highest BCUT2D eigenvalue weighted by Gasteiger charge is 2.31. The Morgan fingerprint density at radius 2 is 1.91 bits per heavy atom. The molecule has 0 heterocycles. The molecule has 0 unspecified atom stereocenters. The molecule has 1 aromatic rings. The van der Waals surface area contributed by atoms with Crippen molar-refractivity contribution in [2.24, 2.45) is 0 Å². The summed E-state index contributed by atoms with van der Waals surface area (Å²) in [5.41, 5.74) is 0. The fourth-order valence-corrected chi connectivity index (χ4v) is 2.29. The van der Waals surface area contributed by atoms with Crippen molar-refractivity contribution in [2.75, 3.05) is 6.54 Å². The summed E-state index contributed by atoms with van der Waals surface area (Å²) in [7, 11) is -4.13. The molecule has 1 aromatic carbocycles. The third-order valence-electron chi connectivity index (χ3n) is 2.26. The summed E-state index contributed by atoms with van der Waals surface area (Å²) < 4.78 is 69.7. The molecule has 1 atom stereocenters. The van der Waals surface area contributed by atoms with Gasteiger partial charge in [0.25, 0.3) is 0 Å². The molecule has 0 radical (unpaired) electrons. The van der Waals surface area contributed by atoms with Gasteiger partial charge < -0.3 is 9.47 Å². The molecule has 1 rings (SSSR count). The highest BCUT2D eigenvalue weighted by molar-refractivity contribution is 7.89. The highest BCUT2D eigenvalue weighted by Crippen LogP contribution is 2.23. The van der Waals surface area contributed by atoms with Gasteiger partial charge in [-0.1, -0.05) is 0 Å². The van der Waals surface area contributed by atoms with Crippen LogP contribution in [0.1, 0.15) is 6.92 Å². The van der Waals surface area contributed by atoms with E-state index >= 15 is 0 Å². The summed E-state index contributed by atoms with van der Waals surface area (Å²) >= 11 is 0. The third kappa shape index (κ3) is 6.54. The van der Waals surface area contributed by atoms with Crippen molar-refractivity contribution in [3.63, 3.8) is 0 Å². The average Bonchev–Trinajstić information content (AvgIpc) is 2.44. The molecule has 0 aromatic heterocycles. The van der Waals surface area contributed by atoms with Crippen LogP contribution in [0.5, 0.6) is 5.75 Å². The van der Waals surface area contributed by atoms with Crippen LogP contribution in [0, 0.1) is 11.3 Å². The Balaban J connectivity index is 2.70. The predicted molar refractivity (Wildman–Crippen MR) is 69.5 cm³/mol. The number of sulfonamides is 1. The maximum Gasteiger partial charge on any atom is 0.573 e. The average molecular weight is 352 g/mol. The number of hydrogen-bond donors (Lipinski definition) is 1. The number of benzene rings is 1. The zero-order valence-electron chi connectivity index (χ0n) is 11.6. The number of alkyl halides is 3. The van der Waals surface area contributed by atoms with E-state index in [-0.39, 0.29) is 4.90 Å². The smallest absolute Gasteiger partial charge is 0.446 e. The number of carbonyl (C=O) groups is 1. The Morgan fingerprint density at radius 1 is 1.35 bits per heavy atom. The van der Waals surface area contributed by atoms with Gasteiger partial charge in [0.15, 0.2) is 6.10 Å². The van der Waals surface area contributed by atoms with Crippen LogP contribution in [0.4, 0.5) is 13.2 Å². The normalized spacial score (nSPS) is 13.0. The molecule has 0 spiro atoms. The fourth-order valence-electron chi connectivity index (χ4n) is 1.32. The minimum absolute atomic E-state index is 0.367. The van der Waals surface area contributed by atoms with E-state index in [2.05, 4.69) is 9.47 Å². The zero-order chi connectivity index (χ0) is 17.7. The van der Waals surface area contributed by atoms with Crippen LogP contribution in [-0.4, -0.2) is 33.4 Å². The lowest BCUT2D eigenvalue weighted by molar-refractivity contribution is -0.274. The SMILES string of the molecule is C[C@@H](C#N)OC(=O)CNS(=O)(=O)c1ccc(OC(F)(F)F)cc1. The van der Waals surface area contributed by atoms with Gasteiger partial charge in [-0.05, 0) is 31.2 Å². The predicted octanol–water partition coefficient (Wildman–Crippen LogP) is 1.32. The summed E-state index contributed by atoms with van der Waals surface area (Å²) in [4.78, 5) is 10.9. The number of carbonyl (C=O) groups excluding carboxylic acids is 1. The molecule has 0 bridgehead atoms. The molecule has 0 saturated heterocycles. The van der Waals surface area contributed by atoms with E-state index in [1.807, 2.05) is 4.72 Å². The van der Waals surface area contributed by atoms with Crippen LogP contribution >= 0.6 is 0 Å². The van der Waals surface area contributed by atoms with Crippen LogP contribution < -0.4 is 9.46 Å². The molecule has 0 amide bonds. The van der Waals surface area contributed by atoms with Crippen molar-refractivity contribution in [1.29, 1.82) is 5.26 Å². The number of hydrogen-bond acceptors (Lipinski definition) is 6. The summed E-state index contributed by atoms with van der Waals surface area (Å²) in [6.45, 7) is 0.570. The number of rotatable bonds is 6. The molecule has 11 heteroatoms. The second-order valence-electron chi connectivity index (χ2n) is 4.10. The van der Waals surface area contributed by atoms with Gasteiger partial charge in [0.1, 0.15) is 18.4 Å². The van der Waals surface area contributed by atoms with Gasteiger partial charge in [0, 0.05) is 0 Å². The van der Waals surface area contributed by atoms with Crippen molar-refractivity contribution in [3.05, 3.63) is 24.3 Å². The van der Waals surface area contributed by atoms with Gasteiger partial charge in [-0.2, -0.15) is 9.98 Å². The van der Waals surface area contributed by atoms with Crippen LogP contribution in [-0.2, 0) is 19.6 Å². The number of nitrogens with zero attached hydrogens (tertiary/aromatic N) is 1. The van der Waals surface area contributed by atoms with E-state index < -0.39 is 40.8 Å². The second-order valence-corrected chi connectivity index (χ2v) is 5.87. The highest BCUT2D eigenvalue weighted by atomic mass is 32.2. The molecule has 0 saturated carbocycles. The summed E-state index contributed by atoms with van der Waals surface area (Å²) in [6, 6.07) is 5.02. The molecule has 0 aliphatic rings. The molecule has 0 fully saturated rings. The Labute approximate surface area is 129 Å². The first-order valence-electron chi connectivity index (χ1n) is 5.98. The van der Waals surface area contributed by atoms with Crippen molar-refractivity contribution in [2.45, 2.75) is 24.3 Å². The van der Waals surface area contributed by atoms with Gasteiger partial charge in [-0.25, -0.2) is 8.42 Å². The number of halogens is 3. The van der Waals surface area contributed by atoms with Crippen LogP contribution in [0.25, 0.3) is 0 Å². The van der Waals surface area contributed by atoms with E-state index in [1.165, 1.54) is 6.92 Å². The first kappa shape index (κ1) is 18.7. The Hall–Kier alpha value is -2.32. The molecule has 23 heavy (non-hydrogen) atoms. The van der Waals surface area contributed by atoms with E-state index in [0.29, 0.717) is 0 Å². The topological polar surface area (TPSA) is 105 Å². The zero-order valence-corrected chi connectivity index (χ0v) is 12.4. The lowest BCUT2D eigenvalue weighted by Crippen LogP contribution is -2.32. The fraction of sp³-hybridized carbons (Fsp3) is 0.333. The third-order valence-corrected chi connectivity index (χ3v) is 3.68. The Morgan fingerprint density at radius 3 is 2.39 bits per heavy atom. The van der Waals surface area contributed by atoms with E-state index in [9.17, 15) is 26.4 Å². The largest absolute Gasteiger partial charge is 0.573 e. The van der Waals surface area contributed by atoms with Gasteiger partial charge in [-0.3, -0.25) is 4.79 Å². The van der Waals surface area contributed by atoms with Crippen LogP contribution in [0.2, 0.25) is 0 Å². The maximum absolute atomic E-state index is 12.0. The Kier molecular flexibility index (Phi) is 5.94. The lowest BCUT2D eigenvalue weighted by Gasteiger charge is -2.10. The monoisotopic (exact) mass is 352 g/mol. The minimum Gasteiger partial charge on any atom is -0.446 e. The second kappa shape index (κ2) is 7.30. The van der Waals surface area contributed by atoms with Crippen LogP contribution in [0.15, 0.2) is 29.2 Å². The van der Waals surface area contributed by atoms with Crippen molar-refractivity contribution in [3.8, 4) is 11.8 Å². The molecule has 0 aliphatic heterocycles. The first-order chi connectivity index (χ1) is 10.5. The van der Waals surface area contributed by atoms with Crippen LogP contribution in [0.3, 0.4) is 0 Å². The molecular formula is C12H11F3N2O5S. The van der Waals surface area contributed by atoms with Crippen molar-refractivity contribution < 1.29 is 35.9 Å². The molecular weight excluding hydrogens is 341 g/mol. The van der Waals surface area contributed by atoms with Gasteiger partial charge in [0.05, 0.1) is 4.90 Å². The van der Waals surface area contributed by atoms with Gasteiger partial charge >= 0.3 is 12.3 Å². The maximum atomic E-state index is 12.0. The standard InChI is InChI=1S/C12H11F3N2O5S/c1-8(6-16)21-11(18)7-17-23(19,20)10-4-2-9(3-5-10)22-12(13,14)15/h2-5,8,17H,7H2,1H3/t8-/m0/s1. The summed E-state index contributed by atoms with van der Waals surface area (Å²) in [5.74, 6) is -1.56. The molecule has 1 N–H and O–H groups in total. The minimum atomic E-state index is -4.89. The number of ether oxygens (including phenoxy) is 2. The van der Waals surface area contributed by atoms with Gasteiger partial charge in [0.2, 0.25) is 10.0 Å². The molecule has 0 aliphatic carbocycles. The summed E-state index contributed by atoms with van der Waals surface area (Å²) in [5, 5.41) is 8.44. The van der Waals surface area contributed by atoms with Crippen molar-refractivity contribution in [1.82, 2.24) is 4.72 Å². The summed E-state index contributed by atoms with van der Waals surface area (Å²) in [6.07, 6.45) is -5.93. The first-order valence-corrected chi connectivity index (χ1v) is 7.46. The molecule has 7 nitrogen and oxygen atoms in total.